The van der Waals surface area contributed by atoms with Crippen LogP contribution in [0.4, 0.5) is 0 Å². The Kier molecular flexibility index (Phi) is 2.75. The van der Waals surface area contributed by atoms with Crippen LogP contribution in [0.15, 0.2) is 47.5 Å². The first-order valence-corrected chi connectivity index (χ1v) is 6.94. The Bertz CT molecular complexity index is 1030. The maximum Gasteiger partial charge on any atom is 0.326 e. The monoisotopic (exact) mass is 294 g/mol. The van der Waals surface area contributed by atoms with Gasteiger partial charge in [-0.25, -0.2) is 9.78 Å². The lowest BCUT2D eigenvalue weighted by molar-refractivity contribution is 0.408. The van der Waals surface area contributed by atoms with Gasteiger partial charge in [0.05, 0.1) is 30.9 Å². The van der Waals surface area contributed by atoms with Crippen LogP contribution in [0.1, 0.15) is 5.56 Å². The SMILES string of the molecule is COc1ccccc1Cn1c(=O)[nH]c2cnc3[nH]ccc3c21. The summed E-state index contributed by atoms with van der Waals surface area (Å²) in [5, 5.41) is 0.922. The molecule has 0 atom stereocenters. The number of nitrogens with zero attached hydrogens (tertiary/aromatic N) is 2. The number of imidazole rings is 1. The van der Waals surface area contributed by atoms with Crippen LogP contribution < -0.4 is 10.4 Å². The molecule has 0 unspecified atom stereocenters. The standard InChI is InChI=1S/C16H14N4O2/c1-22-13-5-3-2-4-10(13)9-20-14-11-6-7-17-15(11)18-8-12(14)19-16(20)21/h2-8H,9H2,1H3,(H,17,18)(H,19,21). The van der Waals surface area contributed by atoms with E-state index in [4.69, 9.17) is 4.74 Å². The van der Waals surface area contributed by atoms with Crippen molar-refractivity contribution in [3.63, 3.8) is 0 Å². The van der Waals surface area contributed by atoms with Crippen molar-refractivity contribution < 1.29 is 4.74 Å². The van der Waals surface area contributed by atoms with Crippen LogP contribution in [0.5, 0.6) is 5.75 Å². The largest absolute Gasteiger partial charge is 0.496 e. The summed E-state index contributed by atoms with van der Waals surface area (Å²) in [6.07, 6.45) is 3.50. The topological polar surface area (TPSA) is 75.7 Å². The molecule has 6 nitrogen and oxygen atoms in total. The van der Waals surface area contributed by atoms with Gasteiger partial charge in [-0.05, 0) is 12.1 Å². The van der Waals surface area contributed by atoms with Crippen LogP contribution in [-0.4, -0.2) is 26.6 Å². The van der Waals surface area contributed by atoms with Crippen LogP contribution >= 0.6 is 0 Å². The molecule has 0 aliphatic rings. The molecule has 0 saturated carbocycles. The van der Waals surface area contributed by atoms with Gasteiger partial charge < -0.3 is 14.7 Å². The molecule has 0 bridgehead atoms. The van der Waals surface area contributed by atoms with Gasteiger partial charge in [0.15, 0.2) is 0 Å². The average molecular weight is 294 g/mol. The molecule has 0 spiro atoms. The van der Waals surface area contributed by atoms with Gasteiger partial charge in [-0.3, -0.25) is 4.57 Å². The van der Waals surface area contributed by atoms with Crippen molar-refractivity contribution in [1.82, 2.24) is 19.5 Å². The van der Waals surface area contributed by atoms with E-state index >= 15 is 0 Å². The van der Waals surface area contributed by atoms with E-state index in [9.17, 15) is 4.79 Å². The molecule has 22 heavy (non-hydrogen) atoms. The summed E-state index contributed by atoms with van der Waals surface area (Å²) in [6, 6.07) is 9.62. The van der Waals surface area contributed by atoms with Gasteiger partial charge in [0.1, 0.15) is 11.4 Å². The fourth-order valence-corrected chi connectivity index (χ4v) is 2.82. The summed E-state index contributed by atoms with van der Waals surface area (Å²) >= 11 is 0. The summed E-state index contributed by atoms with van der Waals surface area (Å²) in [6.45, 7) is 0.438. The second-order valence-corrected chi connectivity index (χ2v) is 5.09. The first-order chi connectivity index (χ1) is 10.8. The van der Waals surface area contributed by atoms with Gasteiger partial charge >= 0.3 is 5.69 Å². The maximum absolute atomic E-state index is 12.3. The van der Waals surface area contributed by atoms with E-state index < -0.39 is 0 Å². The number of aromatic amines is 2. The molecule has 4 rings (SSSR count). The van der Waals surface area contributed by atoms with Crippen LogP contribution in [0.3, 0.4) is 0 Å². The molecule has 0 amide bonds. The van der Waals surface area contributed by atoms with Gasteiger partial charge in [0.25, 0.3) is 0 Å². The average Bonchev–Trinajstić information content (AvgIpc) is 3.12. The highest BCUT2D eigenvalue weighted by Gasteiger charge is 2.13. The van der Waals surface area contributed by atoms with Gasteiger partial charge in [0.2, 0.25) is 0 Å². The molecular formula is C16H14N4O2. The van der Waals surface area contributed by atoms with E-state index in [1.54, 1.807) is 17.9 Å². The van der Waals surface area contributed by atoms with Crippen molar-refractivity contribution in [1.29, 1.82) is 0 Å². The number of benzene rings is 1. The van der Waals surface area contributed by atoms with Crippen molar-refractivity contribution in [3.05, 3.63) is 58.8 Å². The molecule has 3 heterocycles. The third-order valence-electron chi connectivity index (χ3n) is 3.84. The molecule has 1 aromatic carbocycles. The maximum atomic E-state index is 12.3. The lowest BCUT2D eigenvalue weighted by Crippen LogP contribution is -2.17. The van der Waals surface area contributed by atoms with Gasteiger partial charge in [0, 0.05) is 17.1 Å². The second kappa shape index (κ2) is 4.77. The minimum Gasteiger partial charge on any atom is -0.496 e. The number of ether oxygens (including phenoxy) is 1. The van der Waals surface area contributed by atoms with Crippen molar-refractivity contribution in [3.8, 4) is 5.75 Å². The number of pyridine rings is 1. The van der Waals surface area contributed by atoms with Gasteiger partial charge in [-0.2, -0.15) is 0 Å². The Hall–Kier alpha value is -3.02. The molecule has 6 heteroatoms. The van der Waals surface area contributed by atoms with Gasteiger partial charge in [-0.1, -0.05) is 18.2 Å². The fraction of sp³-hybridized carbons (Fsp3) is 0.125. The number of para-hydroxylation sites is 1. The Labute approximate surface area is 125 Å². The molecule has 110 valence electrons. The molecule has 2 N–H and O–H groups in total. The zero-order valence-electron chi connectivity index (χ0n) is 12.0. The van der Waals surface area contributed by atoms with Crippen molar-refractivity contribution >= 4 is 22.1 Å². The molecular weight excluding hydrogens is 280 g/mol. The highest BCUT2D eigenvalue weighted by atomic mass is 16.5. The number of nitrogens with one attached hydrogen (secondary N) is 2. The molecule has 4 aromatic rings. The first kappa shape index (κ1) is 12.7. The van der Waals surface area contributed by atoms with E-state index in [-0.39, 0.29) is 5.69 Å². The van der Waals surface area contributed by atoms with E-state index in [0.29, 0.717) is 6.54 Å². The molecule has 0 saturated heterocycles. The fourth-order valence-electron chi connectivity index (χ4n) is 2.82. The summed E-state index contributed by atoms with van der Waals surface area (Å²) in [7, 11) is 1.63. The number of rotatable bonds is 3. The molecule has 0 fully saturated rings. The third kappa shape index (κ3) is 1.81. The van der Waals surface area contributed by atoms with Crippen LogP contribution in [0.25, 0.3) is 22.1 Å². The Balaban J connectivity index is 1.96. The zero-order chi connectivity index (χ0) is 15.1. The van der Waals surface area contributed by atoms with Crippen molar-refractivity contribution in [2.45, 2.75) is 6.54 Å². The normalized spacial score (nSPS) is 11.3. The summed E-state index contributed by atoms with van der Waals surface area (Å²) < 4.78 is 7.09. The molecule has 3 aromatic heterocycles. The van der Waals surface area contributed by atoms with Crippen LogP contribution in [0, 0.1) is 0 Å². The molecule has 0 aliphatic carbocycles. The predicted molar refractivity (Wildman–Crippen MR) is 84.3 cm³/mol. The minimum absolute atomic E-state index is 0.156. The van der Waals surface area contributed by atoms with E-state index in [1.807, 2.05) is 36.5 Å². The predicted octanol–water partition coefficient (Wildman–Crippen LogP) is 2.26. The summed E-state index contributed by atoms with van der Waals surface area (Å²) in [5.74, 6) is 0.767. The van der Waals surface area contributed by atoms with Gasteiger partial charge in [-0.15, -0.1) is 0 Å². The summed E-state index contributed by atoms with van der Waals surface area (Å²) in [4.78, 5) is 22.6. The minimum atomic E-state index is -0.156. The van der Waals surface area contributed by atoms with Crippen molar-refractivity contribution in [2.24, 2.45) is 0 Å². The second-order valence-electron chi connectivity index (χ2n) is 5.09. The summed E-state index contributed by atoms with van der Waals surface area (Å²) in [5.41, 5.74) is 3.14. The van der Waals surface area contributed by atoms with E-state index in [1.165, 1.54) is 0 Å². The Morgan fingerprint density at radius 2 is 2.14 bits per heavy atom. The highest BCUT2D eigenvalue weighted by molar-refractivity contribution is 6.00. The highest BCUT2D eigenvalue weighted by Crippen LogP contribution is 2.23. The smallest absolute Gasteiger partial charge is 0.326 e. The molecule has 0 radical (unpaired) electrons. The number of methoxy groups -OCH3 is 1. The van der Waals surface area contributed by atoms with Crippen molar-refractivity contribution in [2.75, 3.05) is 7.11 Å². The van der Waals surface area contributed by atoms with Crippen LogP contribution in [-0.2, 0) is 6.54 Å². The van der Waals surface area contributed by atoms with Crippen LogP contribution in [0.2, 0.25) is 0 Å². The number of aromatic nitrogens is 4. The number of hydrogen-bond donors (Lipinski definition) is 2. The van der Waals surface area contributed by atoms with E-state index in [2.05, 4.69) is 15.0 Å². The molecule has 0 aliphatic heterocycles. The zero-order valence-corrected chi connectivity index (χ0v) is 12.0. The quantitative estimate of drug-likeness (QED) is 0.608. The number of hydrogen-bond acceptors (Lipinski definition) is 3. The first-order valence-electron chi connectivity index (χ1n) is 6.94. The Morgan fingerprint density at radius 3 is 3.00 bits per heavy atom. The number of fused-ring (bicyclic) bond motifs is 3. The van der Waals surface area contributed by atoms with E-state index in [0.717, 1.165) is 33.4 Å². The number of H-pyrrole nitrogens is 2. The Morgan fingerprint density at radius 1 is 1.27 bits per heavy atom. The third-order valence-corrected chi connectivity index (χ3v) is 3.84. The lowest BCUT2D eigenvalue weighted by Gasteiger charge is -2.09. The lowest BCUT2D eigenvalue weighted by atomic mass is 10.2.